The summed E-state index contributed by atoms with van der Waals surface area (Å²) < 4.78 is 0. The maximum atomic E-state index is 6.26. The Bertz CT molecular complexity index is 537. The standard InChI is InChI=1S/C18H23ClN2/c1-3-21(13-15-7-5-4-6-8-15)18(14(2)20)16-9-11-17(19)12-10-16/h4-12,14,18H,3,13,20H2,1-2H3. The van der Waals surface area contributed by atoms with Gasteiger partial charge in [-0.25, -0.2) is 0 Å². The third-order valence-corrected chi connectivity index (χ3v) is 3.99. The number of halogens is 1. The van der Waals surface area contributed by atoms with E-state index in [0.717, 1.165) is 18.1 Å². The van der Waals surface area contributed by atoms with E-state index < -0.39 is 0 Å². The molecule has 0 heterocycles. The second-order valence-corrected chi connectivity index (χ2v) is 5.84. The fraction of sp³-hybridized carbons (Fsp3) is 0.333. The summed E-state index contributed by atoms with van der Waals surface area (Å²) >= 11 is 5.99. The van der Waals surface area contributed by atoms with Crippen LogP contribution in [0.15, 0.2) is 54.6 Å². The van der Waals surface area contributed by atoms with Gasteiger partial charge in [-0.2, -0.15) is 0 Å². The van der Waals surface area contributed by atoms with E-state index in [0.29, 0.717) is 0 Å². The molecule has 2 aromatic rings. The Labute approximate surface area is 132 Å². The van der Waals surface area contributed by atoms with E-state index >= 15 is 0 Å². The van der Waals surface area contributed by atoms with Gasteiger partial charge in [0.05, 0.1) is 0 Å². The summed E-state index contributed by atoms with van der Waals surface area (Å²) in [6.45, 7) is 6.08. The molecule has 0 bridgehead atoms. The lowest BCUT2D eigenvalue weighted by molar-refractivity contribution is 0.177. The van der Waals surface area contributed by atoms with Crippen molar-refractivity contribution in [3.8, 4) is 0 Å². The quantitative estimate of drug-likeness (QED) is 0.864. The Morgan fingerprint density at radius 1 is 1.05 bits per heavy atom. The SMILES string of the molecule is CCN(Cc1ccccc1)C(c1ccc(Cl)cc1)C(C)N. The predicted molar refractivity (Wildman–Crippen MR) is 90.4 cm³/mol. The van der Waals surface area contributed by atoms with Crippen molar-refractivity contribution in [1.82, 2.24) is 4.90 Å². The normalized spacial score (nSPS) is 14.1. The van der Waals surface area contributed by atoms with Crippen LogP contribution in [-0.2, 0) is 6.54 Å². The van der Waals surface area contributed by atoms with E-state index in [1.165, 1.54) is 11.1 Å². The second-order valence-electron chi connectivity index (χ2n) is 5.40. The van der Waals surface area contributed by atoms with Gasteiger partial charge in [-0.15, -0.1) is 0 Å². The number of nitrogens with zero attached hydrogens (tertiary/aromatic N) is 1. The molecule has 2 N–H and O–H groups in total. The smallest absolute Gasteiger partial charge is 0.0499 e. The van der Waals surface area contributed by atoms with E-state index in [-0.39, 0.29) is 12.1 Å². The molecule has 0 aliphatic rings. The van der Waals surface area contributed by atoms with E-state index in [4.69, 9.17) is 17.3 Å². The van der Waals surface area contributed by atoms with Crippen molar-refractivity contribution in [2.45, 2.75) is 32.5 Å². The highest BCUT2D eigenvalue weighted by molar-refractivity contribution is 6.30. The largest absolute Gasteiger partial charge is 0.326 e. The summed E-state index contributed by atoms with van der Waals surface area (Å²) in [5, 5.41) is 0.758. The summed E-state index contributed by atoms with van der Waals surface area (Å²) in [5.74, 6) is 0. The minimum atomic E-state index is 0.0508. The predicted octanol–water partition coefficient (Wildman–Crippen LogP) is 4.25. The topological polar surface area (TPSA) is 29.3 Å². The fourth-order valence-corrected chi connectivity index (χ4v) is 2.86. The first kappa shape index (κ1) is 16.0. The molecule has 0 fully saturated rings. The number of hydrogen-bond donors (Lipinski definition) is 1. The van der Waals surface area contributed by atoms with Crippen LogP contribution in [0.5, 0.6) is 0 Å². The van der Waals surface area contributed by atoms with E-state index in [2.05, 4.69) is 55.1 Å². The zero-order valence-corrected chi connectivity index (χ0v) is 13.4. The molecule has 2 atom stereocenters. The Morgan fingerprint density at radius 2 is 1.67 bits per heavy atom. The van der Waals surface area contributed by atoms with Gasteiger partial charge in [0.2, 0.25) is 0 Å². The molecule has 0 saturated heterocycles. The lowest BCUT2D eigenvalue weighted by Crippen LogP contribution is -2.39. The van der Waals surface area contributed by atoms with Crippen LogP contribution in [0.3, 0.4) is 0 Å². The average molecular weight is 303 g/mol. The second kappa shape index (κ2) is 7.60. The highest BCUT2D eigenvalue weighted by Gasteiger charge is 2.23. The number of benzene rings is 2. The fourth-order valence-electron chi connectivity index (χ4n) is 2.73. The molecular formula is C18H23ClN2. The van der Waals surface area contributed by atoms with Gasteiger partial charge in [0, 0.05) is 23.7 Å². The molecule has 0 radical (unpaired) electrons. The van der Waals surface area contributed by atoms with E-state index in [1.54, 1.807) is 0 Å². The summed E-state index contributed by atoms with van der Waals surface area (Å²) in [6.07, 6.45) is 0. The lowest BCUT2D eigenvalue weighted by atomic mass is 9.98. The third kappa shape index (κ3) is 4.31. The first-order valence-corrected chi connectivity index (χ1v) is 7.78. The van der Waals surface area contributed by atoms with Crippen LogP contribution < -0.4 is 5.73 Å². The number of hydrogen-bond acceptors (Lipinski definition) is 2. The highest BCUT2D eigenvalue weighted by Crippen LogP contribution is 2.26. The van der Waals surface area contributed by atoms with Gasteiger partial charge >= 0.3 is 0 Å². The molecule has 2 rings (SSSR count). The molecule has 3 heteroatoms. The highest BCUT2D eigenvalue weighted by atomic mass is 35.5. The molecule has 2 nitrogen and oxygen atoms in total. The Hall–Kier alpha value is -1.35. The van der Waals surface area contributed by atoms with Gasteiger partial charge < -0.3 is 5.73 Å². The molecule has 0 aromatic heterocycles. The molecule has 0 aliphatic heterocycles. The molecule has 0 spiro atoms. The molecule has 2 unspecified atom stereocenters. The summed E-state index contributed by atoms with van der Waals surface area (Å²) in [7, 11) is 0. The van der Waals surface area contributed by atoms with Crippen LogP contribution in [0.1, 0.15) is 31.0 Å². The first-order chi connectivity index (χ1) is 10.1. The van der Waals surface area contributed by atoms with Crippen molar-refractivity contribution >= 4 is 11.6 Å². The summed E-state index contributed by atoms with van der Waals surface area (Å²) in [5.41, 5.74) is 8.78. The Morgan fingerprint density at radius 3 is 2.19 bits per heavy atom. The van der Waals surface area contributed by atoms with Gasteiger partial charge in [0.15, 0.2) is 0 Å². The average Bonchev–Trinajstić information content (AvgIpc) is 2.49. The van der Waals surface area contributed by atoms with Gasteiger partial charge in [-0.05, 0) is 36.7 Å². The number of rotatable bonds is 6. The van der Waals surface area contributed by atoms with Gasteiger partial charge in [0.25, 0.3) is 0 Å². The Balaban J connectivity index is 2.24. The van der Waals surface area contributed by atoms with Crippen molar-refractivity contribution in [2.75, 3.05) is 6.54 Å². The van der Waals surface area contributed by atoms with Gasteiger partial charge in [0.1, 0.15) is 0 Å². The maximum Gasteiger partial charge on any atom is 0.0499 e. The molecule has 21 heavy (non-hydrogen) atoms. The Kier molecular flexibility index (Phi) is 5.80. The van der Waals surface area contributed by atoms with Crippen molar-refractivity contribution in [3.63, 3.8) is 0 Å². The number of likely N-dealkylation sites (N-methyl/N-ethyl adjacent to an activating group) is 1. The van der Waals surface area contributed by atoms with Crippen molar-refractivity contribution in [2.24, 2.45) is 5.73 Å². The van der Waals surface area contributed by atoms with Gasteiger partial charge in [-0.1, -0.05) is 61.0 Å². The summed E-state index contributed by atoms with van der Waals surface area (Å²) in [6, 6.07) is 18.8. The van der Waals surface area contributed by atoms with Crippen LogP contribution in [0.25, 0.3) is 0 Å². The van der Waals surface area contributed by atoms with Crippen LogP contribution >= 0.6 is 11.6 Å². The zero-order valence-electron chi connectivity index (χ0n) is 12.7. The molecule has 0 aliphatic carbocycles. The van der Waals surface area contributed by atoms with Gasteiger partial charge in [-0.3, -0.25) is 4.90 Å². The van der Waals surface area contributed by atoms with E-state index in [1.807, 2.05) is 18.2 Å². The minimum Gasteiger partial charge on any atom is -0.326 e. The van der Waals surface area contributed by atoms with Crippen LogP contribution in [0, 0.1) is 0 Å². The molecule has 112 valence electrons. The maximum absolute atomic E-state index is 6.26. The molecule has 2 aromatic carbocycles. The van der Waals surface area contributed by atoms with Crippen LogP contribution in [-0.4, -0.2) is 17.5 Å². The lowest BCUT2D eigenvalue weighted by Gasteiger charge is -2.34. The van der Waals surface area contributed by atoms with Crippen LogP contribution in [0.2, 0.25) is 5.02 Å². The first-order valence-electron chi connectivity index (χ1n) is 7.41. The third-order valence-electron chi connectivity index (χ3n) is 3.74. The van der Waals surface area contributed by atoms with Crippen molar-refractivity contribution in [3.05, 3.63) is 70.7 Å². The van der Waals surface area contributed by atoms with E-state index in [9.17, 15) is 0 Å². The van der Waals surface area contributed by atoms with Crippen molar-refractivity contribution < 1.29 is 0 Å². The minimum absolute atomic E-state index is 0.0508. The van der Waals surface area contributed by atoms with Crippen molar-refractivity contribution in [1.29, 1.82) is 0 Å². The molecule has 0 saturated carbocycles. The van der Waals surface area contributed by atoms with Crippen LogP contribution in [0.4, 0.5) is 0 Å². The zero-order chi connectivity index (χ0) is 15.2. The molecule has 0 amide bonds. The summed E-state index contributed by atoms with van der Waals surface area (Å²) in [4.78, 5) is 2.41. The molecular weight excluding hydrogens is 280 g/mol. The number of nitrogens with two attached hydrogens (primary N) is 1. The monoisotopic (exact) mass is 302 g/mol.